The molecule has 11 rings (SSSR count). The number of rotatable bonds is 16. The number of cyclic esters (lactones) is 1. The summed E-state index contributed by atoms with van der Waals surface area (Å²) in [5.74, 6) is 0.565. The van der Waals surface area contributed by atoms with E-state index in [0.29, 0.717) is 86.5 Å². The molecule has 0 spiro atoms. The van der Waals surface area contributed by atoms with Crippen molar-refractivity contribution in [3.8, 4) is 17.1 Å². The number of benzene rings is 2. The first-order chi connectivity index (χ1) is 37.9. The van der Waals surface area contributed by atoms with Gasteiger partial charge in [-0.3, -0.25) is 19.3 Å². The Hall–Kier alpha value is -6.08. The number of aliphatic hydroxyl groups is 3. The molecule has 0 radical (unpaired) electrons. The second kappa shape index (κ2) is 21.8. The summed E-state index contributed by atoms with van der Waals surface area (Å²) in [5.41, 5.74) is 6.98. The van der Waals surface area contributed by atoms with Crippen molar-refractivity contribution in [2.24, 2.45) is 17.8 Å². The lowest BCUT2D eigenvalue weighted by molar-refractivity contribution is -0.199. The SMILES string of the molecule is CC[C@@]1(O)C(=O)OCc2c1cc1n(c2=O)Cc2cc3c(CN(C)C)c(OC(=O)N4CCN(C(O)CCCCCN(C)c5ccc([C@H]6CC7[C@@H](CC[C@]7(OC(C)O)C(C)=O)[C@@H]7CCC8=CC(=O)CCC8=C76)cc5)CC4)ccc3nc2-1. The van der Waals surface area contributed by atoms with E-state index in [1.165, 1.54) is 22.3 Å². The molecular weight excluding hydrogens is 1000 g/mol. The molecule has 17 heteroatoms. The van der Waals surface area contributed by atoms with Gasteiger partial charge in [0, 0.05) is 86.4 Å². The molecule has 2 aromatic carbocycles. The normalized spacial score (nSPS) is 26.2. The van der Waals surface area contributed by atoms with Gasteiger partial charge < -0.3 is 48.8 Å². The number of ether oxygens (including phenoxy) is 3. The Morgan fingerprint density at radius 1 is 0.949 bits per heavy atom. The number of carbonyl (C=O) groups is 4. The number of esters is 1. The van der Waals surface area contributed by atoms with Crippen LogP contribution in [0, 0.1) is 17.8 Å². The van der Waals surface area contributed by atoms with Crippen LogP contribution in [0.15, 0.2) is 76.1 Å². The number of unbranched alkanes of at least 4 members (excludes halogenated alkanes) is 2. The van der Waals surface area contributed by atoms with Crippen LogP contribution in [0.4, 0.5) is 10.5 Å². The number of piperazine rings is 1. The fourth-order valence-corrected chi connectivity index (χ4v) is 14.7. The van der Waals surface area contributed by atoms with E-state index in [2.05, 4.69) is 36.2 Å². The van der Waals surface area contributed by atoms with E-state index in [4.69, 9.17) is 19.2 Å². The van der Waals surface area contributed by atoms with Gasteiger partial charge in [-0.1, -0.05) is 31.1 Å². The highest BCUT2D eigenvalue weighted by Crippen LogP contribution is 2.62. The van der Waals surface area contributed by atoms with Gasteiger partial charge in [0.05, 0.1) is 29.0 Å². The summed E-state index contributed by atoms with van der Waals surface area (Å²) in [6, 6.07) is 16.1. The molecule has 3 fully saturated rings. The number of aromatic nitrogens is 2. The lowest BCUT2D eigenvalue weighted by Crippen LogP contribution is -2.52. The average Bonchev–Trinajstić information content (AvgIpc) is 4.25. The van der Waals surface area contributed by atoms with E-state index in [1.54, 1.807) is 48.4 Å². The molecule has 1 saturated heterocycles. The molecule has 3 N–H and O–H groups in total. The number of fused-ring (bicyclic) bond motifs is 9. The summed E-state index contributed by atoms with van der Waals surface area (Å²) in [6.45, 7) is 8.09. The monoisotopic (exact) mass is 1080 g/mol. The zero-order valence-corrected chi connectivity index (χ0v) is 46.6. The Morgan fingerprint density at radius 3 is 2.44 bits per heavy atom. The van der Waals surface area contributed by atoms with Crippen LogP contribution in [0.1, 0.15) is 132 Å². The molecule has 79 heavy (non-hydrogen) atoms. The maximum absolute atomic E-state index is 13.8. The first-order valence-corrected chi connectivity index (χ1v) is 28.7. The Bertz CT molecular complexity index is 3210. The molecule has 420 valence electrons. The first-order valence-electron chi connectivity index (χ1n) is 28.7. The number of allylic oxidation sites excluding steroid dienone is 4. The van der Waals surface area contributed by atoms with E-state index in [1.807, 2.05) is 36.0 Å². The molecule has 1 amide bonds. The Kier molecular flexibility index (Phi) is 15.1. The molecule has 17 nitrogen and oxygen atoms in total. The van der Waals surface area contributed by atoms with Gasteiger partial charge in [0.2, 0.25) is 0 Å². The molecule has 2 saturated carbocycles. The van der Waals surface area contributed by atoms with Crippen LogP contribution in [0.5, 0.6) is 5.75 Å². The Balaban J connectivity index is 0.679. The fraction of sp³-hybridized carbons (Fsp3) is 0.548. The third-order valence-electron chi connectivity index (χ3n) is 18.8. The van der Waals surface area contributed by atoms with Crippen molar-refractivity contribution >= 4 is 40.2 Å². The largest absolute Gasteiger partial charge is 0.458 e. The van der Waals surface area contributed by atoms with Gasteiger partial charge >= 0.3 is 12.1 Å². The summed E-state index contributed by atoms with van der Waals surface area (Å²) in [5, 5.41) is 33.8. The highest BCUT2D eigenvalue weighted by Gasteiger charge is 2.59. The standard InChI is InChI=1S/C62H76N6O11/c1-7-61(76)50-32-53-57-40(33-68(53)58(73)49(50)35-77-59(61)74)30-47-48(34-64(4)5)54(21-20-52(47)63-57)78-60(75)67-27-25-66(26-28-67)55(72)11-9-8-10-24-65(6)41-15-12-38(13-16-41)46-31-51-44(22-23-62(51,36(2)69)79-37(3)70)45-18-14-39-29-42(71)17-19-43(39)56(45)46/h12-13,15-16,20-21,29-30,32,37,44-46,51,55,70,72,76H,7-11,14,17-19,22-28,31,33-35H2,1-6H3/t37?,44-,45-,46+,51?,55?,61-,62-/m0/s1. The van der Waals surface area contributed by atoms with E-state index < -0.39 is 35.8 Å². The second-order valence-corrected chi connectivity index (χ2v) is 23.7. The second-order valence-electron chi connectivity index (χ2n) is 23.7. The van der Waals surface area contributed by atoms with Gasteiger partial charge in [0.15, 0.2) is 23.5 Å². The first kappa shape index (κ1) is 54.9. The summed E-state index contributed by atoms with van der Waals surface area (Å²) in [7, 11) is 5.99. The Labute approximate surface area is 461 Å². The topological polar surface area (TPSA) is 205 Å². The molecule has 7 aliphatic rings. The maximum atomic E-state index is 13.8. The van der Waals surface area contributed by atoms with Crippen molar-refractivity contribution in [2.45, 2.75) is 147 Å². The zero-order valence-electron chi connectivity index (χ0n) is 46.6. The number of pyridine rings is 2. The number of hydrogen-bond acceptors (Lipinski definition) is 15. The van der Waals surface area contributed by atoms with E-state index in [9.17, 15) is 39.3 Å². The van der Waals surface area contributed by atoms with Crippen molar-refractivity contribution in [1.82, 2.24) is 24.3 Å². The lowest BCUT2D eigenvalue weighted by atomic mass is 9.56. The number of anilines is 1. The predicted octanol–water partition coefficient (Wildman–Crippen LogP) is 7.46. The van der Waals surface area contributed by atoms with Crippen molar-refractivity contribution in [3.05, 3.63) is 109 Å². The Morgan fingerprint density at radius 2 is 1.72 bits per heavy atom. The fourth-order valence-electron chi connectivity index (χ4n) is 14.7. The smallest absolute Gasteiger partial charge is 0.415 e. The predicted molar refractivity (Wildman–Crippen MR) is 297 cm³/mol. The van der Waals surface area contributed by atoms with Crippen LogP contribution in [0.3, 0.4) is 0 Å². The number of nitrogens with zero attached hydrogens (tertiary/aromatic N) is 6. The highest BCUT2D eigenvalue weighted by atomic mass is 16.6. The van der Waals surface area contributed by atoms with Gasteiger partial charge in [0.25, 0.3) is 5.56 Å². The molecule has 5 heterocycles. The van der Waals surface area contributed by atoms with Gasteiger partial charge in [-0.15, -0.1) is 0 Å². The van der Waals surface area contributed by atoms with Crippen molar-refractivity contribution in [3.63, 3.8) is 0 Å². The van der Waals surface area contributed by atoms with Crippen LogP contribution in [-0.2, 0) is 49.2 Å². The third kappa shape index (κ3) is 9.96. The van der Waals surface area contributed by atoms with Crippen LogP contribution >= 0.6 is 0 Å². The zero-order chi connectivity index (χ0) is 55.7. The number of ketones is 2. The van der Waals surface area contributed by atoms with Crippen LogP contribution in [0.2, 0.25) is 0 Å². The third-order valence-corrected chi connectivity index (χ3v) is 18.8. The molecule has 8 atom stereocenters. The minimum Gasteiger partial charge on any atom is -0.458 e. The molecule has 4 aliphatic carbocycles. The number of aliphatic hydroxyl groups excluding tert-OH is 2. The minimum absolute atomic E-state index is 0.000503. The molecule has 3 unspecified atom stereocenters. The molecule has 3 aliphatic heterocycles. The van der Waals surface area contributed by atoms with E-state index in [0.717, 1.165) is 80.1 Å². The lowest BCUT2D eigenvalue weighted by Gasteiger charge is -2.49. The molecule has 0 bridgehead atoms. The van der Waals surface area contributed by atoms with Crippen LogP contribution in [-0.4, -0.2) is 135 Å². The van der Waals surface area contributed by atoms with E-state index >= 15 is 0 Å². The highest BCUT2D eigenvalue weighted by molar-refractivity contribution is 5.93. The van der Waals surface area contributed by atoms with Gasteiger partial charge in [-0.05, 0) is 169 Å². The van der Waals surface area contributed by atoms with Gasteiger partial charge in [-0.2, -0.15) is 0 Å². The summed E-state index contributed by atoms with van der Waals surface area (Å²) < 4.78 is 19.2. The van der Waals surface area contributed by atoms with Gasteiger partial charge in [-0.25, -0.2) is 14.6 Å². The van der Waals surface area contributed by atoms with Crippen molar-refractivity contribution in [1.29, 1.82) is 0 Å². The summed E-state index contributed by atoms with van der Waals surface area (Å²) in [6.07, 6.45) is 8.65. The quantitative estimate of drug-likeness (QED) is 0.0498. The summed E-state index contributed by atoms with van der Waals surface area (Å²) in [4.78, 5) is 79.2. The van der Waals surface area contributed by atoms with Crippen molar-refractivity contribution < 1.29 is 48.7 Å². The van der Waals surface area contributed by atoms with Crippen LogP contribution < -0.4 is 15.2 Å². The molecule has 4 aromatic rings. The maximum Gasteiger partial charge on any atom is 0.415 e. The number of carbonyl (C=O) groups excluding carboxylic acids is 4. The average molecular weight is 1080 g/mol. The molecule has 2 aromatic heterocycles. The molecular formula is C62H76N6O11. The summed E-state index contributed by atoms with van der Waals surface area (Å²) >= 11 is 0. The van der Waals surface area contributed by atoms with E-state index in [-0.39, 0.29) is 59.7 Å². The minimum atomic E-state index is -1.92. The van der Waals surface area contributed by atoms with Crippen LogP contribution in [0.25, 0.3) is 22.3 Å². The van der Waals surface area contributed by atoms with Gasteiger partial charge in [0.1, 0.15) is 24.2 Å². The number of Topliss-reactive ketones (excluding diaryl/α,β-unsaturated/α-hetero) is 1. The number of hydrogen-bond donors (Lipinski definition) is 3. The number of amides is 1. The van der Waals surface area contributed by atoms with Crippen molar-refractivity contribution in [2.75, 3.05) is 58.8 Å².